The monoisotopic (exact) mass is 436 g/mol. The Kier molecular flexibility index (Phi) is 6.51. The highest BCUT2D eigenvalue weighted by atomic mass is 32.2. The van der Waals surface area contributed by atoms with Crippen LogP contribution in [0, 0.1) is 13.8 Å². The summed E-state index contributed by atoms with van der Waals surface area (Å²) in [6.07, 6.45) is 3.74. The largest absolute Gasteiger partial charge is 0.497 e. The summed E-state index contributed by atoms with van der Waals surface area (Å²) >= 11 is 1.50. The Bertz CT molecular complexity index is 1020. The van der Waals surface area contributed by atoms with Crippen molar-refractivity contribution in [2.24, 2.45) is 0 Å². The quantitative estimate of drug-likeness (QED) is 0.548. The summed E-state index contributed by atoms with van der Waals surface area (Å²) in [6, 6.07) is 14.5. The van der Waals surface area contributed by atoms with E-state index in [0.29, 0.717) is 5.75 Å². The van der Waals surface area contributed by atoms with Crippen molar-refractivity contribution in [2.45, 2.75) is 19.0 Å². The Balaban J connectivity index is 1.33. The highest BCUT2D eigenvalue weighted by Gasteiger charge is 2.22. The molecule has 1 amide bonds. The maximum atomic E-state index is 12.8. The van der Waals surface area contributed by atoms with Gasteiger partial charge in [-0.3, -0.25) is 9.36 Å². The number of ether oxygens (including phenoxy) is 1. The summed E-state index contributed by atoms with van der Waals surface area (Å²) in [5.41, 5.74) is 4.67. The topological polar surface area (TPSA) is 50.6 Å². The molecule has 3 aromatic rings. The second kappa shape index (κ2) is 9.47. The molecule has 0 saturated carbocycles. The fourth-order valence-corrected chi connectivity index (χ4v) is 4.78. The van der Waals surface area contributed by atoms with Crippen LogP contribution in [0.1, 0.15) is 11.1 Å². The summed E-state index contributed by atoms with van der Waals surface area (Å²) in [5.74, 6) is 1.41. The first-order valence-corrected chi connectivity index (χ1v) is 11.4. The number of rotatable bonds is 6. The highest BCUT2D eigenvalue weighted by molar-refractivity contribution is 7.99. The van der Waals surface area contributed by atoms with E-state index >= 15 is 0 Å². The van der Waals surface area contributed by atoms with Crippen LogP contribution < -0.4 is 9.64 Å². The molecule has 2 heterocycles. The molecule has 1 aromatic heterocycles. The summed E-state index contributed by atoms with van der Waals surface area (Å²) in [7, 11) is 1.67. The number of carbonyl (C=O) groups is 1. The lowest BCUT2D eigenvalue weighted by molar-refractivity contribution is -0.128. The Morgan fingerprint density at radius 2 is 1.68 bits per heavy atom. The molecule has 0 aliphatic carbocycles. The lowest BCUT2D eigenvalue weighted by Gasteiger charge is -2.36. The van der Waals surface area contributed by atoms with Crippen molar-refractivity contribution in [3.8, 4) is 11.4 Å². The number of aromatic nitrogens is 2. The van der Waals surface area contributed by atoms with Gasteiger partial charge in [-0.2, -0.15) is 0 Å². The van der Waals surface area contributed by atoms with E-state index in [0.717, 1.165) is 48.5 Å². The second-order valence-corrected chi connectivity index (χ2v) is 8.72. The SMILES string of the molecule is COc1ccc(N2CCN(C(=O)CSc3nccn3-c3cc(C)cc(C)c3)CC2)cc1. The standard InChI is InChI=1S/C24H28N4O2S/c1-18-14-19(2)16-21(15-18)28-9-8-25-24(28)31-17-23(29)27-12-10-26(11-13-27)20-4-6-22(30-3)7-5-20/h4-9,14-16H,10-13,17H2,1-3H3. The number of carbonyl (C=O) groups excluding carboxylic acids is 1. The molecule has 0 radical (unpaired) electrons. The van der Waals surface area contributed by atoms with E-state index in [1.165, 1.54) is 22.9 Å². The van der Waals surface area contributed by atoms with Gasteiger partial charge >= 0.3 is 0 Å². The second-order valence-electron chi connectivity index (χ2n) is 7.78. The number of hydrogen-bond acceptors (Lipinski definition) is 5. The van der Waals surface area contributed by atoms with Gasteiger partial charge in [0.1, 0.15) is 5.75 Å². The number of imidazole rings is 1. The van der Waals surface area contributed by atoms with Crippen LogP contribution in [0.25, 0.3) is 5.69 Å². The first-order chi connectivity index (χ1) is 15.0. The van der Waals surface area contributed by atoms with Gasteiger partial charge in [0.25, 0.3) is 0 Å². The smallest absolute Gasteiger partial charge is 0.233 e. The van der Waals surface area contributed by atoms with E-state index in [4.69, 9.17) is 4.74 Å². The molecular weight excluding hydrogens is 408 g/mol. The fourth-order valence-electron chi connectivity index (χ4n) is 3.91. The van der Waals surface area contributed by atoms with Crippen LogP contribution in [-0.2, 0) is 4.79 Å². The summed E-state index contributed by atoms with van der Waals surface area (Å²) in [6.45, 7) is 7.32. The number of nitrogens with zero attached hydrogens (tertiary/aromatic N) is 4. The van der Waals surface area contributed by atoms with Gasteiger partial charge in [0, 0.05) is 49.9 Å². The van der Waals surface area contributed by atoms with Crippen molar-refractivity contribution in [3.63, 3.8) is 0 Å². The molecule has 2 aromatic carbocycles. The van der Waals surface area contributed by atoms with E-state index in [-0.39, 0.29) is 5.91 Å². The van der Waals surface area contributed by atoms with Crippen LogP contribution in [0.4, 0.5) is 5.69 Å². The first kappa shape index (κ1) is 21.3. The molecule has 7 heteroatoms. The third-order valence-corrected chi connectivity index (χ3v) is 6.44. The van der Waals surface area contributed by atoms with Gasteiger partial charge in [-0.1, -0.05) is 17.8 Å². The van der Waals surface area contributed by atoms with Crippen molar-refractivity contribution in [3.05, 3.63) is 66.0 Å². The number of anilines is 1. The van der Waals surface area contributed by atoms with Crippen molar-refractivity contribution in [1.82, 2.24) is 14.5 Å². The molecule has 1 fully saturated rings. The maximum absolute atomic E-state index is 12.8. The minimum atomic E-state index is 0.161. The van der Waals surface area contributed by atoms with Crippen molar-refractivity contribution in [1.29, 1.82) is 0 Å². The summed E-state index contributed by atoms with van der Waals surface area (Å²) in [5, 5.41) is 0.843. The van der Waals surface area contributed by atoms with Gasteiger partial charge in [-0.25, -0.2) is 4.98 Å². The normalized spacial score (nSPS) is 14.0. The zero-order chi connectivity index (χ0) is 21.8. The Morgan fingerprint density at radius 1 is 1.00 bits per heavy atom. The van der Waals surface area contributed by atoms with Crippen LogP contribution in [-0.4, -0.2) is 59.4 Å². The zero-order valence-corrected chi connectivity index (χ0v) is 19.1. The zero-order valence-electron chi connectivity index (χ0n) is 18.2. The Labute approximate surface area is 187 Å². The molecule has 0 bridgehead atoms. The third-order valence-electron chi connectivity index (χ3n) is 5.49. The number of piperazine rings is 1. The third kappa shape index (κ3) is 5.05. The Morgan fingerprint density at radius 3 is 2.32 bits per heavy atom. The minimum Gasteiger partial charge on any atom is -0.497 e. The van der Waals surface area contributed by atoms with E-state index in [9.17, 15) is 4.79 Å². The fraction of sp³-hybridized carbons (Fsp3) is 0.333. The van der Waals surface area contributed by atoms with Crippen molar-refractivity contribution < 1.29 is 9.53 Å². The molecule has 6 nitrogen and oxygen atoms in total. The van der Waals surface area contributed by atoms with Gasteiger partial charge in [0.05, 0.1) is 12.9 Å². The molecule has 1 aliphatic rings. The van der Waals surface area contributed by atoms with E-state index in [1.54, 1.807) is 13.3 Å². The van der Waals surface area contributed by atoms with Crippen molar-refractivity contribution in [2.75, 3.05) is 43.9 Å². The summed E-state index contributed by atoms with van der Waals surface area (Å²) in [4.78, 5) is 21.5. The van der Waals surface area contributed by atoms with Crippen LogP contribution in [0.3, 0.4) is 0 Å². The van der Waals surface area contributed by atoms with Gasteiger partial charge in [-0.05, 0) is 61.4 Å². The molecule has 162 valence electrons. The van der Waals surface area contributed by atoms with Crippen LogP contribution in [0.15, 0.2) is 60.0 Å². The summed E-state index contributed by atoms with van der Waals surface area (Å²) < 4.78 is 7.29. The molecule has 4 rings (SSSR count). The van der Waals surface area contributed by atoms with Gasteiger partial charge in [0.2, 0.25) is 5.91 Å². The number of amides is 1. The minimum absolute atomic E-state index is 0.161. The van der Waals surface area contributed by atoms with E-state index < -0.39 is 0 Å². The van der Waals surface area contributed by atoms with E-state index in [1.807, 2.05) is 23.2 Å². The maximum Gasteiger partial charge on any atom is 0.233 e. The molecule has 1 saturated heterocycles. The highest BCUT2D eigenvalue weighted by Crippen LogP contribution is 2.24. The number of thioether (sulfide) groups is 1. The molecule has 0 spiro atoms. The Hall–Kier alpha value is -2.93. The van der Waals surface area contributed by atoms with Gasteiger partial charge in [-0.15, -0.1) is 0 Å². The van der Waals surface area contributed by atoms with Crippen LogP contribution >= 0.6 is 11.8 Å². The van der Waals surface area contributed by atoms with Crippen LogP contribution in [0.2, 0.25) is 0 Å². The first-order valence-electron chi connectivity index (χ1n) is 10.4. The average molecular weight is 437 g/mol. The molecule has 1 aliphatic heterocycles. The molecule has 0 unspecified atom stereocenters. The average Bonchev–Trinajstić information content (AvgIpc) is 3.26. The lowest BCUT2D eigenvalue weighted by atomic mass is 10.1. The molecular formula is C24H28N4O2S. The molecule has 0 N–H and O–H groups in total. The lowest BCUT2D eigenvalue weighted by Crippen LogP contribution is -2.49. The number of benzene rings is 2. The number of hydrogen-bond donors (Lipinski definition) is 0. The van der Waals surface area contributed by atoms with E-state index in [2.05, 4.69) is 58.6 Å². The van der Waals surface area contributed by atoms with Gasteiger partial charge < -0.3 is 14.5 Å². The number of aryl methyl sites for hydroxylation is 2. The predicted octanol–water partition coefficient (Wildman–Crippen LogP) is 3.94. The van der Waals surface area contributed by atoms with Crippen molar-refractivity contribution >= 4 is 23.4 Å². The molecule has 0 atom stereocenters. The van der Waals surface area contributed by atoms with Gasteiger partial charge in [0.15, 0.2) is 5.16 Å². The van der Waals surface area contributed by atoms with Crippen LogP contribution in [0.5, 0.6) is 5.75 Å². The number of methoxy groups -OCH3 is 1. The predicted molar refractivity (Wildman–Crippen MR) is 126 cm³/mol. The molecule has 31 heavy (non-hydrogen) atoms.